The number of allylic oxidation sites excluding steroid dienone is 2. The zero-order valence-electron chi connectivity index (χ0n) is 20.4. The van der Waals surface area contributed by atoms with E-state index in [0.29, 0.717) is 30.8 Å². The van der Waals surface area contributed by atoms with Crippen molar-refractivity contribution in [2.75, 3.05) is 13.2 Å². The first-order chi connectivity index (χ1) is 17.6. The third kappa shape index (κ3) is 5.82. The zero-order chi connectivity index (χ0) is 25.3. The van der Waals surface area contributed by atoms with E-state index in [1.807, 2.05) is 73.7 Å². The second-order valence-electron chi connectivity index (χ2n) is 8.89. The lowest BCUT2D eigenvalue weighted by Crippen LogP contribution is -2.21. The van der Waals surface area contributed by atoms with Gasteiger partial charge in [-0.2, -0.15) is 10.5 Å². The topological polar surface area (TPSA) is 83.1 Å². The van der Waals surface area contributed by atoms with Gasteiger partial charge in [-0.15, -0.1) is 0 Å². The number of rotatable bonds is 9. The molecule has 0 N–H and O–H groups in total. The second-order valence-corrected chi connectivity index (χ2v) is 8.89. The minimum atomic E-state index is -0.246. The maximum Gasteiger partial charge on any atom is 0.174 e. The van der Waals surface area contributed by atoms with Crippen LogP contribution < -0.4 is 9.47 Å². The summed E-state index contributed by atoms with van der Waals surface area (Å²) < 4.78 is 11.4. The molecule has 5 heteroatoms. The van der Waals surface area contributed by atoms with Crippen LogP contribution in [0.25, 0.3) is 5.57 Å². The number of fused-ring (bicyclic) bond motifs is 1. The normalized spacial score (nSPS) is 14.9. The number of benzene rings is 3. The van der Waals surface area contributed by atoms with Crippen LogP contribution in [0.5, 0.6) is 11.5 Å². The molecule has 0 aliphatic heterocycles. The fourth-order valence-corrected chi connectivity index (χ4v) is 4.88. The van der Waals surface area contributed by atoms with Crippen molar-refractivity contribution >= 4 is 11.4 Å². The van der Waals surface area contributed by atoms with Gasteiger partial charge in [-0.25, -0.2) is 0 Å². The highest BCUT2D eigenvalue weighted by atomic mass is 16.5. The highest BCUT2D eigenvalue weighted by molar-refractivity contribution is 6.05. The molecule has 0 heterocycles. The van der Waals surface area contributed by atoms with E-state index in [0.717, 1.165) is 34.3 Å². The van der Waals surface area contributed by atoms with E-state index in [1.54, 1.807) is 6.07 Å². The molecule has 3 aromatic rings. The number of carbonyl (C=O) groups excluding carboxylic acids is 1. The number of ketones is 1. The van der Waals surface area contributed by atoms with Crippen LogP contribution in [0.15, 0.2) is 78.4 Å². The second kappa shape index (κ2) is 11.9. The summed E-state index contributed by atoms with van der Waals surface area (Å²) in [4.78, 5) is 14.0. The van der Waals surface area contributed by atoms with Crippen molar-refractivity contribution in [1.29, 1.82) is 10.5 Å². The summed E-state index contributed by atoms with van der Waals surface area (Å²) in [5.74, 6) is 0.901. The first kappa shape index (κ1) is 24.8. The Bertz CT molecular complexity index is 1330. The molecule has 0 radical (unpaired) electrons. The van der Waals surface area contributed by atoms with Gasteiger partial charge in [0.05, 0.1) is 0 Å². The van der Waals surface area contributed by atoms with Crippen LogP contribution in [0.4, 0.5) is 0 Å². The first-order valence-electron chi connectivity index (χ1n) is 12.1. The lowest BCUT2D eigenvalue weighted by atomic mass is 9.86. The van der Waals surface area contributed by atoms with Gasteiger partial charge < -0.3 is 9.47 Å². The molecule has 4 rings (SSSR count). The maximum absolute atomic E-state index is 14.0. The Kier molecular flexibility index (Phi) is 8.16. The van der Waals surface area contributed by atoms with Crippen molar-refractivity contribution in [3.63, 3.8) is 0 Å². The Morgan fingerprint density at radius 1 is 0.861 bits per heavy atom. The van der Waals surface area contributed by atoms with Gasteiger partial charge in [0.2, 0.25) is 0 Å². The number of hydrogen-bond acceptors (Lipinski definition) is 5. The smallest absolute Gasteiger partial charge is 0.174 e. The van der Waals surface area contributed by atoms with Gasteiger partial charge in [-0.1, -0.05) is 60.7 Å². The largest absolute Gasteiger partial charge is 0.479 e. The number of aryl methyl sites for hydroxylation is 1. The Labute approximate surface area is 212 Å². The summed E-state index contributed by atoms with van der Waals surface area (Å²) >= 11 is 0. The summed E-state index contributed by atoms with van der Waals surface area (Å²) in [6.45, 7) is 1.75. The van der Waals surface area contributed by atoms with Crippen LogP contribution in [-0.4, -0.2) is 19.0 Å². The average molecular weight is 477 g/mol. The molecule has 0 amide bonds. The molecule has 0 saturated heterocycles. The van der Waals surface area contributed by atoms with Gasteiger partial charge in [-0.3, -0.25) is 4.79 Å². The predicted molar refractivity (Wildman–Crippen MR) is 138 cm³/mol. The summed E-state index contributed by atoms with van der Waals surface area (Å²) in [6, 6.07) is 27.8. The number of ether oxygens (including phenoxy) is 2. The molecular formula is C31H28N2O3. The van der Waals surface area contributed by atoms with Crippen molar-refractivity contribution in [1.82, 2.24) is 0 Å². The Hall–Kier alpha value is -4.35. The molecule has 0 aromatic heterocycles. The molecule has 180 valence electrons. The van der Waals surface area contributed by atoms with E-state index in [2.05, 4.69) is 12.1 Å². The van der Waals surface area contributed by atoms with Crippen LogP contribution in [0.2, 0.25) is 0 Å². The van der Waals surface area contributed by atoms with E-state index in [4.69, 9.17) is 20.0 Å². The molecule has 0 saturated carbocycles. The van der Waals surface area contributed by atoms with Gasteiger partial charge in [0.15, 0.2) is 19.0 Å². The fourth-order valence-electron chi connectivity index (χ4n) is 4.88. The van der Waals surface area contributed by atoms with Crippen molar-refractivity contribution in [2.24, 2.45) is 5.92 Å². The predicted octanol–water partition coefficient (Wildman–Crippen LogP) is 5.88. The van der Waals surface area contributed by atoms with Gasteiger partial charge in [0.1, 0.15) is 23.6 Å². The molecule has 0 fully saturated rings. The lowest BCUT2D eigenvalue weighted by molar-refractivity contribution is -0.119. The highest BCUT2D eigenvalue weighted by Gasteiger charge is 2.31. The van der Waals surface area contributed by atoms with E-state index < -0.39 is 0 Å². The summed E-state index contributed by atoms with van der Waals surface area (Å²) in [6.07, 6.45) is 2.51. The number of carbonyl (C=O) groups is 1. The minimum Gasteiger partial charge on any atom is -0.479 e. The van der Waals surface area contributed by atoms with Crippen LogP contribution in [0, 0.1) is 28.6 Å². The van der Waals surface area contributed by atoms with E-state index in [-0.39, 0.29) is 24.9 Å². The zero-order valence-corrected chi connectivity index (χ0v) is 20.4. The van der Waals surface area contributed by atoms with Crippen molar-refractivity contribution in [2.45, 2.75) is 32.6 Å². The monoisotopic (exact) mass is 476 g/mol. The van der Waals surface area contributed by atoms with Crippen molar-refractivity contribution < 1.29 is 14.3 Å². The molecule has 0 bridgehead atoms. The average Bonchev–Trinajstić information content (AvgIpc) is 3.00. The van der Waals surface area contributed by atoms with Crippen molar-refractivity contribution in [3.8, 4) is 23.6 Å². The molecule has 3 aromatic carbocycles. The van der Waals surface area contributed by atoms with Crippen LogP contribution in [0.3, 0.4) is 0 Å². The van der Waals surface area contributed by atoms with E-state index in [9.17, 15) is 4.79 Å². The standard InChI is InChI=1S/C31H28N2O3/c1-22-28(13-12-23-8-4-2-5-9-23)31(34)26(18-24-10-6-3-7-11-24)19-25-20-27(35-16-14-32)21-29(30(22)25)36-17-15-33/h2-11,20-21,26H,12-13,16-19H2,1H3. The quantitative estimate of drug-likeness (QED) is 0.385. The molecule has 1 atom stereocenters. The molecule has 1 unspecified atom stereocenters. The van der Waals surface area contributed by atoms with Gasteiger partial charge in [0.25, 0.3) is 0 Å². The number of Topliss-reactive ketones (excluding diaryl/α,β-unsaturated/α-hetero) is 1. The van der Waals surface area contributed by atoms with Gasteiger partial charge in [-0.05, 0) is 66.5 Å². The Morgan fingerprint density at radius 2 is 1.50 bits per heavy atom. The Morgan fingerprint density at radius 3 is 2.17 bits per heavy atom. The van der Waals surface area contributed by atoms with Crippen LogP contribution in [0.1, 0.15) is 35.6 Å². The number of nitriles is 2. The summed E-state index contributed by atoms with van der Waals surface area (Å²) in [7, 11) is 0. The van der Waals surface area contributed by atoms with Gasteiger partial charge in [0, 0.05) is 17.5 Å². The third-order valence-corrected chi connectivity index (χ3v) is 6.55. The molecular weight excluding hydrogens is 448 g/mol. The highest BCUT2D eigenvalue weighted by Crippen LogP contribution is 2.41. The molecule has 1 aliphatic carbocycles. The molecule has 1 aliphatic rings. The Balaban J connectivity index is 1.80. The molecule has 5 nitrogen and oxygen atoms in total. The number of nitrogens with zero attached hydrogens (tertiary/aromatic N) is 2. The van der Waals surface area contributed by atoms with E-state index >= 15 is 0 Å². The summed E-state index contributed by atoms with van der Waals surface area (Å²) in [5, 5.41) is 18.1. The van der Waals surface area contributed by atoms with Crippen molar-refractivity contribution in [3.05, 3.63) is 101 Å². The third-order valence-electron chi connectivity index (χ3n) is 6.55. The fraction of sp³-hybridized carbons (Fsp3) is 0.258. The lowest BCUT2D eigenvalue weighted by Gasteiger charge is -2.17. The van der Waals surface area contributed by atoms with Crippen LogP contribution >= 0.6 is 0 Å². The SMILES string of the molecule is CC1=C(CCc2ccccc2)C(=O)C(Cc2ccccc2)Cc2cc(OCC#N)cc(OCC#N)c21. The van der Waals surface area contributed by atoms with E-state index in [1.165, 1.54) is 5.56 Å². The first-order valence-corrected chi connectivity index (χ1v) is 12.1. The van der Waals surface area contributed by atoms with Crippen LogP contribution in [-0.2, 0) is 24.1 Å². The molecule has 0 spiro atoms. The summed E-state index contributed by atoms with van der Waals surface area (Å²) in [5.41, 5.74) is 5.74. The molecule has 36 heavy (non-hydrogen) atoms. The number of hydrogen-bond donors (Lipinski definition) is 0. The van der Waals surface area contributed by atoms with Gasteiger partial charge >= 0.3 is 0 Å². The minimum absolute atomic E-state index is 0.0972. The maximum atomic E-state index is 14.0.